The van der Waals surface area contributed by atoms with Crippen LogP contribution < -0.4 is 5.32 Å². The highest BCUT2D eigenvalue weighted by Crippen LogP contribution is 2.41. The molecule has 0 saturated heterocycles. The van der Waals surface area contributed by atoms with Gasteiger partial charge in [0.2, 0.25) is 0 Å². The van der Waals surface area contributed by atoms with Crippen LogP contribution in [0.4, 0.5) is 11.5 Å². The second-order valence-corrected chi connectivity index (χ2v) is 8.28. The maximum Gasteiger partial charge on any atom is 0.141 e. The second-order valence-electron chi connectivity index (χ2n) is 8.28. The Morgan fingerprint density at radius 1 is 1.32 bits per heavy atom. The summed E-state index contributed by atoms with van der Waals surface area (Å²) >= 11 is 0. The van der Waals surface area contributed by atoms with Crippen molar-refractivity contribution in [1.82, 2.24) is 9.55 Å². The van der Waals surface area contributed by atoms with Crippen molar-refractivity contribution in [3.63, 3.8) is 0 Å². The van der Waals surface area contributed by atoms with Gasteiger partial charge in [-0.25, -0.2) is 4.98 Å². The Morgan fingerprint density at radius 2 is 2.11 bits per heavy atom. The van der Waals surface area contributed by atoms with Crippen LogP contribution in [0.2, 0.25) is 0 Å². The lowest BCUT2D eigenvalue weighted by atomic mass is 10.1. The molecule has 4 nitrogen and oxygen atoms in total. The molecule has 2 aromatic heterocycles. The van der Waals surface area contributed by atoms with Crippen LogP contribution in [-0.2, 0) is 11.3 Å². The molecule has 2 heterocycles. The Balaban J connectivity index is 1.68. The first-order chi connectivity index (χ1) is 13.5. The maximum absolute atomic E-state index is 5.42. The zero-order valence-corrected chi connectivity index (χ0v) is 17.2. The highest BCUT2D eigenvalue weighted by molar-refractivity contribution is 5.88. The van der Waals surface area contributed by atoms with Gasteiger partial charge in [-0.3, -0.25) is 0 Å². The lowest BCUT2D eigenvalue weighted by molar-refractivity contribution is 0.371. The third-order valence-electron chi connectivity index (χ3n) is 5.41. The Hall–Kier alpha value is -2.75. The van der Waals surface area contributed by atoms with Gasteiger partial charge in [0.05, 0.1) is 12.7 Å². The molecule has 1 aliphatic rings. The molecule has 1 aromatic carbocycles. The summed E-state index contributed by atoms with van der Waals surface area (Å²) in [5.41, 5.74) is 5.79. The summed E-state index contributed by atoms with van der Waals surface area (Å²) in [6.07, 6.45) is 6.72. The van der Waals surface area contributed by atoms with Crippen molar-refractivity contribution in [2.75, 3.05) is 12.4 Å². The van der Waals surface area contributed by atoms with Crippen molar-refractivity contribution in [2.45, 2.75) is 46.1 Å². The van der Waals surface area contributed by atoms with Gasteiger partial charge >= 0.3 is 0 Å². The summed E-state index contributed by atoms with van der Waals surface area (Å²) in [4.78, 5) is 4.69. The van der Waals surface area contributed by atoms with Gasteiger partial charge in [0.15, 0.2) is 0 Å². The van der Waals surface area contributed by atoms with E-state index in [1.165, 1.54) is 34.9 Å². The standard InChI is InChI=1S/C24H29N3O/c1-15(2)13-27-14-16(3)21-11-20(8-9-23(21)27)26-24-22(17(4)28-5)10-19(12-25-24)18-6-7-18/h8-12,14-15,18H,4,6-7,13H2,1-3,5H3,(H,25,26). The average molecular weight is 376 g/mol. The number of benzene rings is 1. The molecule has 1 aliphatic carbocycles. The monoisotopic (exact) mass is 375 g/mol. The number of nitrogens with one attached hydrogen (secondary N) is 1. The Kier molecular flexibility index (Phi) is 4.88. The van der Waals surface area contributed by atoms with Crippen LogP contribution >= 0.6 is 0 Å². The van der Waals surface area contributed by atoms with E-state index in [2.05, 4.69) is 67.7 Å². The zero-order chi connectivity index (χ0) is 19.8. The number of methoxy groups -OCH3 is 1. The topological polar surface area (TPSA) is 39.1 Å². The normalized spacial score (nSPS) is 13.9. The Labute approximate surface area is 167 Å². The molecular weight excluding hydrogens is 346 g/mol. The second kappa shape index (κ2) is 7.34. The number of anilines is 2. The smallest absolute Gasteiger partial charge is 0.141 e. The van der Waals surface area contributed by atoms with Crippen LogP contribution in [0.1, 0.15) is 49.3 Å². The summed E-state index contributed by atoms with van der Waals surface area (Å²) in [6.45, 7) is 11.7. The number of hydrogen-bond acceptors (Lipinski definition) is 3. The molecule has 1 N–H and O–H groups in total. The number of ether oxygens (including phenoxy) is 1. The summed E-state index contributed by atoms with van der Waals surface area (Å²) in [5, 5.41) is 4.75. The van der Waals surface area contributed by atoms with Crippen molar-refractivity contribution >= 4 is 28.2 Å². The highest BCUT2D eigenvalue weighted by Gasteiger charge is 2.25. The van der Waals surface area contributed by atoms with Crippen molar-refractivity contribution in [3.05, 3.63) is 59.9 Å². The van der Waals surface area contributed by atoms with Gasteiger partial charge in [-0.2, -0.15) is 0 Å². The van der Waals surface area contributed by atoms with Gasteiger partial charge in [-0.15, -0.1) is 0 Å². The molecule has 0 atom stereocenters. The van der Waals surface area contributed by atoms with Crippen LogP contribution in [0, 0.1) is 12.8 Å². The van der Waals surface area contributed by atoms with E-state index < -0.39 is 0 Å². The fourth-order valence-corrected chi connectivity index (χ4v) is 3.78. The number of aryl methyl sites for hydroxylation is 1. The minimum absolute atomic E-state index is 0.615. The van der Waals surface area contributed by atoms with Gasteiger partial charge in [-0.1, -0.05) is 20.4 Å². The van der Waals surface area contributed by atoms with Gasteiger partial charge in [0.25, 0.3) is 0 Å². The molecule has 4 heteroatoms. The average Bonchev–Trinajstić information content (AvgIpc) is 3.47. The van der Waals surface area contributed by atoms with E-state index in [9.17, 15) is 0 Å². The number of fused-ring (bicyclic) bond motifs is 1. The molecule has 146 valence electrons. The van der Waals surface area contributed by atoms with E-state index in [0.717, 1.165) is 23.6 Å². The largest absolute Gasteiger partial charge is 0.497 e. The number of pyridine rings is 1. The van der Waals surface area contributed by atoms with Gasteiger partial charge < -0.3 is 14.6 Å². The molecule has 0 bridgehead atoms. The molecule has 0 radical (unpaired) electrons. The number of rotatable bonds is 7. The third-order valence-corrected chi connectivity index (χ3v) is 5.41. The predicted octanol–water partition coefficient (Wildman–Crippen LogP) is 6.24. The SMILES string of the molecule is C=C(OC)c1cc(C2CC2)cnc1Nc1ccc2c(c1)c(C)cn2CC(C)C. The van der Waals surface area contributed by atoms with Crippen molar-refractivity contribution in [3.8, 4) is 0 Å². The van der Waals surface area contributed by atoms with Crippen LogP contribution in [0.25, 0.3) is 16.7 Å². The van der Waals surface area contributed by atoms with Crippen molar-refractivity contribution in [1.29, 1.82) is 0 Å². The number of nitrogens with zero attached hydrogens (tertiary/aromatic N) is 2. The molecule has 3 aromatic rings. The van der Waals surface area contributed by atoms with Gasteiger partial charge in [0, 0.05) is 35.5 Å². The fourth-order valence-electron chi connectivity index (χ4n) is 3.78. The maximum atomic E-state index is 5.42. The van der Waals surface area contributed by atoms with E-state index in [1.807, 2.05) is 6.20 Å². The van der Waals surface area contributed by atoms with Gasteiger partial charge in [-0.05, 0) is 67.0 Å². The number of aromatic nitrogens is 2. The minimum atomic E-state index is 0.615. The zero-order valence-electron chi connectivity index (χ0n) is 17.2. The van der Waals surface area contributed by atoms with Crippen LogP contribution in [0.15, 0.2) is 43.2 Å². The Morgan fingerprint density at radius 3 is 2.79 bits per heavy atom. The number of hydrogen-bond donors (Lipinski definition) is 1. The predicted molar refractivity (Wildman–Crippen MR) is 117 cm³/mol. The molecule has 1 saturated carbocycles. The highest BCUT2D eigenvalue weighted by atomic mass is 16.5. The van der Waals surface area contributed by atoms with E-state index in [-0.39, 0.29) is 0 Å². The van der Waals surface area contributed by atoms with Crippen LogP contribution in [-0.4, -0.2) is 16.7 Å². The van der Waals surface area contributed by atoms with Gasteiger partial charge in [0.1, 0.15) is 11.6 Å². The van der Waals surface area contributed by atoms with E-state index in [1.54, 1.807) is 7.11 Å². The lowest BCUT2D eigenvalue weighted by Crippen LogP contribution is -2.03. The molecule has 1 fully saturated rings. The van der Waals surface area contributed by atoms with Crippen molar-refractivity contribution < 1.29 is 4.74 Å². The summed E-state index contributed by atoms with van der Waals surface area (Å²) in [7, 11) is 1.66. The third kappa shape index (κ3) is 3.64. The van der Waals surface area contributed by atoms with Crippen LogP contribution in [0.3, 0.4) is 0 Å². The first kappa shape index (κ1) is 18.6. The lowest BCUT2D eigenvalue weighted by Gasteiger charge is -2.14. The van der Waals surface area contributed by atoms with E-state index in [0.29, 0.717) is 17.6 Å². The quantitative estimate of drug-likeness (QED) is 0.497. The molecule has 4 rings (SSSR count). The summed E-state index contributed by atoms with van der Waals surface area (Å²) < 4.78 is 7.77. The van der Waals surface area contributed by atoms with E-state index >= 15 is 0 Å². The molecule has 0 aliphatic heterocycles. The molecule has 0 amide bonds. The summed E-state index contributed by atoms with van der Waals surface area (Å²) in [6, 6.07) is 8.68. The van der Waals surface area contributed by atoms with E-state index in [4.69, 9.17) is 9.72 Å². The molecule has 0 spiro atoms. The molecule has 28 heavy (non-hydrogen) atoms. The summed E-state index contributed by atoms with van der Waals surface area (Å²) in [5.74, 6) is 2.68. The minimum Gasteiger partial charge on any atom is -0.497 e. The first-order valence-corrected chi connectivity index (χ1v) is 10.1. The van der Waals surface area contributed by atoms with Crippen molar-refractivity contribution in [2.24, 2.45) is 5.92 Å². The molecule has 0 unspecified atom stereocenters. The first-order valence-electron chi connectivity index (χ1n) is 10.1. The molecular formula is C24H29N3O. The Bertz CT molecular complexity index is 1030. The fraction of sp³-hybridized carbons (Fsp3) is 0.375. The van der Waals surface area contributed by atoms with Crippen LogP contribution in [0.5, 0.6) is 0 Å².